The van der Waals surface area contributed by atoms with E-state index < -0.39 is 52.1 Å². The summed E-state index contributed by atoms with van der Waals surface area (Å²) in [6, 6.07) is 15.8. The van der Waals surface area contributed by atoms with Crippen LogP contribution in [-0.2, 0) is 17.6 Å². The molecule has 8 N–H and O–H groups in total. The third kappa shape index (κ3) is 5.52. The second kappa shape index (κ2) is 10.5. The average molecular weight is 519 g/mol. The summed E-state index contributed by atoms with van der Waals surface area (Å²) in [5.41, 5.74) is 0.787. The maximum Gasteiger partial charge on any atom is 0.149 e. The van der Waals surface area contributed by atoms with Crippen molar-refractivity contribution in [3.63, 3.8) is 0 Å². The molecule has 9 nitrogen and oxygen atoms in total. The molecule has 0 radical (unpaired) electrons. The molecule has 9 heteroatoms. The van der Waals surface area contributed by atoms with Crippen molar-refractivity contribution in [1.82, 2.24) is 0 Å². The molecular formula is C29H26O9. The molecule has 4 rings (SSSR count). The van der Waals surface area contributed by atoms with Crippen molar-refractivity contribution >= 4 is 5.78 Å². The van der Waals surface area contributed by atoms with E-state index in [1.807, 2.05) is 0 Å². The summed E-state index contributed by atoms with van der Waals surface area (Å²) in [7, 11) is 0. The van der Waals surface area contributed by atoms with Crippen molar-refractivity contribution in [3.8, 4) is 46.0 Å². The molecule has 2 unspecified atom stereocenters. The topological polar surface area (TPSA) is 179 Å². The number of phenolic OH excluding ortho intramolecular Hbond substituents is 8. The van der Waals surface area contributed by atoms with Crippen molar-refractivity contribution in [1.29, 1.82) is 0 Å². The SMILES string of the molecule is O=C(C(Cc1ccc(O)cc1)c1c(O)cc(O)cc1O)C(Cc1ccc(O)cc1)c1c(O)cc(O)cc1O. The third-order valence-electron chi connectivity index (χ3n) is 6.38. The Labute approximate surface area is 217 Å². The Morgan fingerprint density at radius 3 is 1.05 bits per heavy atom. The van der Waals surface area contributed by atoms with Crippen LogP contribution in [0, 0.1) is 0 Å². The van der Waals surface area contributed by atoms with Gasteiger partial charge in [0.05, 0.1) is 11.8 Å². The zero-order valence-corrected chi connectivity index (χ0v) is 20.0. The molecule has 38 heavy (non-hydrogen) atoms. The van der Waals surface area contributed by atoms with Crippen LogP contribution < -0.4 is 0 Å². The molecule has 4 aromatic carbocycles. The maximum absolute atomic E-state index is 14.3. The number of benzene rings is 4. The van der Waals surface area contributed by atoms with Crippen LogP contribution in [0.25, 0.3) is 0 Å². The van der Waals surface area contributed by atoms with Crippen LogP contribution in [-0.4, -0.2) is 46.6 Å². The van der Waals surface area contributed by atoms with Gasteiger partial charge in [0.2, 0.25) is 0 Å². The lowest BCUT2D eigenvalue weighted by Gasteiger charge is -2.26. The van der Waals surface area contributed by atoms with Crippen LogP contribution in [0.1, 0.15) is 34.1 Å². The van der Waals surface area contributed by atoms with E-state index in [1.165, 1.54) is 24.3 Å². The van der Waals surface area contributed by atoms with Gasteiger partial charge in [-0.25, -0.2) is 0 Å². The maximum atomic E-state index is 14.3. The Morgan fingerprint density at radius 1 is 0.474 bits per heavy atom. The average Bonchev–Trinajstić information content (AvgIpc) is 2.83. The molecule has 0 aliphatic carbocycles. The lowest BCUT2D eigenvalue weighted by molar-refractivity contribution is -0.122. The highest BCUT2D eigenvalue weighted by atomic mass is 16.3. The first kappa shape index (κ1) is 26.0. The lowest BCUT2D eigenvalue weighted by atomic mass is 9.77. The van der Waals surface area contributed by atoms with E-state index in [0.29, 0.717) is 11.1 Å². The van der Waals surface area contributed by atoms with Crippen LogP contribution in [0.3, 0.4) is 0 Å². The van der Waals surface area contributed by atoms with Crippen molar-refractivity contribution in [2.24, 2.45) is 0 Å². The molecule has 0 heterocycles. The van der Waals surface area contributed by atoms with Crippen molar-refractivity contribution in [2.75, 3.05) is 0 Å². The van der Waals surface area contributed by atoms with E-state index in [2.05, 4.69) is 0 Å². The molecular weight excluding hydrogens is 492 g/mol. The molecule has 0 aromatic heterocycles. The standard InChI is InChI=1S/C29H26O9/c30-17-5-1-15(2-6-17)9-21(27-23(34)11-19(32)12-24(27)35)29(38)22(10-16-3-7-18(31)8-4-16)28-25(36)13-20(33)14-26(28)37/h1-8,11-14,21-22,30-37H,9-10H2. The summed E-state index contributed by atoms with van der Waals surface area (Å²) in [6.45, 7) is 0. The van der Waals surface area contributed by atoms with E-state index in [9.17, 15) is 45.6 Å². The van der Waals surface area contributed by atoms with Crippen molar-refractivity contribution in [2.45, 2.75) is 24.7 Å². The number of Topliss-reactive ketones (excluding diaryl/α,β-unsaturated/α-hetero) is 1. The molecule has 0 saturated heterocycles. The number of phenols is 8. The number of aromatic hydroxyl groups is 8. The van der Waals surface area contributed by atoms with Gasteiger partial charge in [-0.2, -0.15) is 0 Å². The number of carbonyl (C=O) groups excluding carboxylic acids is 1. The molecule has 0 aliphatic heterocycles. The fourth-order valence-electron chi connectivity index (χ4n) is 4.60. The minimum Gasteiger partial charge on any atom is -0.508 e. The number of rotatable bonds is 8. The summed E-state index contributed by atoms with van der Waals surface area (Å²) in [5.74, 6) is -6.10. The summed E-state index contributed by atoms with van der Waals surface area (Å²) < 4.78 is 0. The van der Waals surface area contributed by atoms with Gasteiger partial charge < -0.3 is 40.9 Å². The quantitative estimate of drug-likeness (QED) is 0.169. The summed E-state index contributed by atoms with van der Waals surface area (Å²) in [6.07, 6.45) is -0.118. The van der Waals surface area contributed by atoms with E-state index in [-0.39, 0.29) is 35.5 Å². The molecule has 0 aliphatic rings. The van der Waals surface area contributed by atoms with E-state index in [1.54, 1.807) is 24.3 Å². The Morgan fingerprint density at radius 2 is 0.763 bits per heavy atom. The van der Waals surface area contributed by atoms with E-state index in [4.69, 9.17) is 0 Å². The van der Waals surface area contributed by atoms with E-state index in [0.717, 1.165) is 24.3 Å². The molecule has 0 spiro atoms. The van der Waals surface area contributed by atoms with Gasteiger partial charge in [0.1, 0.15) is 51.8 Å². The fourth-order valence-corrected chi connectivity index (χ4v) is 4.60. The summed E-state index contributed by atoms with van der Waals surface area (Å²) in [5, 5.41) is 81.6. The molecule has 196 valence electrons. The highest BCUT2D eigenvalue weighted by Gasteiger charge is 2.36. The Balaban J connectivity index is 1.88. The van der Waals surface area contributed by atoms with Crippen LogP contribution in [0.2, 0.25) is 0 Å². The molecule has 2 atom stereocenters. The minimum atomic E-state index is -1.24. The van der Waals surface area contributed by atoms with E-state index >= 15 is 0 Å². The third-order valence-corrected chi connectivity index (χ3v) is 6.38. The second-order valence-electron chi connectivity index (χ2n) is 9.04. The minimum absolute atomic E-state index is 0.00361. The van der Waals surface area contributed by atoms with Gasteiger partial charge in [0, 0.05) is 35.4 Å². The first-order chi connectivity index (χ1) is 18.0. The number of hydrogen-bond donors (Lipinski definition) is 8. The molecule has 4 aromatic rings. The number of ketones is 1. The number of carbonyl (C=O) groups is 1. The molecule has 0 amide bonds. The van der Waals surface area contributed by atoms with Gasteiger partial charge in [-0.1, -0.05) is 24.3 Å². The van der Waals surface area contributed by atoms with Crippen LogP contribution in [0.5, 0.6) is 46.0 Å². The summed E-state index contributed by atoms with van der Waals surface area (Å²) >= 11 is 0. The first-order valence-corrected chi connectivity index (χ1v) is 11.6. The van der Waals surface area contributed by atoms with Crippen molar-refractivity contribution < 1.29 is 45.6 Å². The second-order valence-corrected chi connectivity index (χ2v) is 9.04. The number of hydrogen-bond acceptors (Lipinski definition) is 9. The van der Waals surface area contributed by atoms with Crippen LogP contribution in [0.15, 0.2) is 72.8 Å². The predicted octanol–water partition coefficient (Wildman–Crippen LogP) is 4.25. The van der Waals surface area contributed by atoms with Gasteiger partial charge in [-0.3, -0.25) is 4.79 Å². The Kier molecular flexibility index (Phi) is 7.20. The monoisotopic (exact) mass is 518 g/mol. The first-order valence-electron chi connectivity index (χ1n) is 11.6. The van der Waals surface area contributed by atoms with Gasteiger partial charge in [0.15, 0.2) is 0 Å². The van der Waals surface area contributed by atoms with Crippen molar-refractivity contribution in [3.05, 3.63) is 95.1 Å². The Bertz CT molecular complexity index is 1300. The Hall–Kier alpha value is -5.05. The van der Waals surface area contributed by atoms with Gasteiger partial charge in [0.25, 0.3) is 0 Å². The van der Waals surface area contributed by atoms with Gasteiger partial charge in [-0.15, -0.1) is 0 Å². The van der Waals surface area contributed by atoms with Gasteiger partial charge >= 0.3 is 0 Å². The smallest absolute Gasteiger partial charge is 0.149 e. The largest absolute Gasteiger partial charge is 0.508 e. The normalized spacial score (nSPS) is 12.6. The van der Waals surface area contributed by atoms with Crippen LogP contribution >= 0.6 is 0 Å². The highest BCUT2D eigenvalue weighted by Crippen LogP contribution is 2.46. The molecule has 0 bridgehead atoms. The molecule has 0 saturated carbocycles. The predicted molar refractivity (Wildman–Crippen MR) is 137 cm³/mol. The summed E-state index contributed by atoms with van der Waals surface area (Å²) in [4.78, 5) is 14.3. The highest BCUT2D eigenvalue weighted by molar-refractivity contribution is 5.94. The zero-order chi connectivity index (χ0) is 27.6. The van der Waals surface area contributed by atoms with Gasteiger partial charge in [-0.05, 0) is 48.2 Å². The fraction of sp³-hybridized carbons (Fsp3) is 0.138. The van der Waals surface area contributed by atoms with Crippen LogP contribution in [0.4, 0.5) is 0 Å². The lowest BCUT2D eigenvalue weighted by Crippen LogP contribution is -2.25. The zero-order valence-electron chi connectivity index (χ0n) is 20.0. The molecule has 0 fully saturated rings.